The van der Waals surface area contributed by atoms with E-state index in [9.17, 15) is 9.59 Å². The zero-order valence-corrected chi connectivity index (χ0v) is 18.7. The smallest absolute Gasteiger partial charge is 0.259 e. The Morgan fingerprint density at radius 1 is 0.912 bits per heavy atom. The Morgan fingerprint density at radius 3 is 2.38 bits per heavy atom. The quantitative estimate of drug-likeness (QED) is 0.413. The highest BCUT2D eigenvalue weighted by molar-refractivity contribution is 6.07. The second kappa shape index (κ2) is 9.91. The first-order chi connectivity index (χ1) is 16.5. The molecule has 8 nitrogen and oxygen atoms in total. The van der Waals surface area contributed by atoms with Crippen LogP contribution in [0.2, 0.25) is 0 Å². The number of para-hydroxylation sites is 1. The van der Waals surface area contributed by atoms with Gasteiger partial charge in [-0.2, -0.15) is 0 Å². The normalized spacial score (nSPS) is 10.5. The minimum absolute atomic E-state index is 0.293. The molecule has 34 heavy (non-hydrogen) atoms. The van der Waals surface area contributed by atoms with Crippen molar-refractivity contribution in [1.82, 2.24) is 4.98 Å². The molecule has 1 heterocycles. The van der Waals surface area contributed by atoms with E-state index in [1.807, 2.05) is 24.3 Å². The molecule has 0 aliphatic rings. The molecule has 0 saturated heterocycles. The second-order valence-corrected chi connectivity index (χ2v) is 7.38. The number of carbonyl (C=O) groups is 2. The number of rotatable bonds is 8. The molecule has 0 unspecified atom stereocenters. The van der Waals surface area contributed by atoms with Gasteiger partial charge in [-0.1, -0.05) is 12.1 Å². The summed E-state index contributed by atoms with van der Waals surface area (Å²) >= 11 is 0. The van der Waals surface area contributed by atoms with Gasteiger partial charge in [-0.3, -0.25) is 9.59 Å². The zero-order chi connectivity index (χ0) is 24.1. The number of carbonyl (C=O) groups excluding carboxylic acids is 2. The van der Waals surface area contributed by atoms with Gasteiger partial charge in [-0.25, -0.2) is 4.98 Å². The van der Waals surface area contributed by atoms with Crippen molar-refractivity contribution in [1.29, 1.82) is 0 Å². The predicted octanol–water partition coefficient (Wildman–Crippen LogP) is 4.04. The van der Waals surface area contributed by atoms with Crippen LogP contribution in [0.5, 0.6) is 17.2 Å². The van der Waals surface area contributed by atoms with E-state index in [1.54, 1.807) is 55.6 Å². The summed E-state index contributed by atoms with van der Waals surface area (Å²) < 4.78 is 16.2. The summed E-state index contributed by atoms with van der Waals surface area (Å²) in [6.45, 7) is -0.293. The number of pyridine rings is 1. The van der Waals surface area contributed by atoms with Gasteiger partial charge < -0.3 is 25.3 Å². The van der Waals surface area contributed by atoms with Crippen LogP contribution in [0.25, 0.3) is 22.2 Å². The first-order valence-corrected chi connectivity index (χ1v) is 10.4. The number of nitrogens with two attached hydrogens (primary N) is 1. The van der Waals surface area contributed by atoms with E-state index in [1.165, 1.54) is 7.11 Å². The summed E-state index contributed by atoms with van der Waals surface area (Å²) in [4.78, 5) is 28.9. The maximum Gasteiger partial charge on any atom is 0.259 e. The van der Waals surface area contributed by atoms with E-state index < -0.39 is 5.91 Å². The number of aromatic nitrogens is 1. The predicted molar refractivity (Wildman–Crippen MR) is 129 cm³/mol. The lowest BCUT2D eigenvalue weighted by Crippen LogP contribution is -2.20. The topological polar surface area (TPSA) is 113 Å². The molecule has 4 rings (SSSR count). The fourth-order valence-electron chi connectivity index (χ4n) is 3.48. The number of hydrogen-bond acceptors (Lipinski definition) is 6. The number of nitrogens with zero attached hydrogens (tertiary/aromatic N) is 1. The van der Waals surface area contributed by atoms with Gasteiger partial charge in [0.1, 0.15) is 17.2 Å². The van der Waals surface area contributed by atoms with Crippen LogP contribution in [-0.2, 0) is 4.79 Å². The Kier molecular flexibility index (Phi) is 6.59. The molecule has 1 aromatic heterocycles. The molecule has 0 bridgehead atoms. The molecule has 3 N–H and O–H groups in total. The van der Waals surface area contributed by atoms with Crippen molar-refractivity contribution in [3.05, 3.63) is 78.4 Å². The minimum Gasteiger partial charge on any atom is -0.497 e. The molecule has 0 fully saturated rings. The van der Waals surface area contributed by atoms with Crippen LogP contribution in [-0.4, -0.2) is 37.6 Å². The first kappa shape index (κ1) is 22.6. The molecule has 0 aliphatic carbocycles. The van der Waals surface area contributed by atoms with E-state index in [-0.39, 0.29) is 12.5 Å². The number of methoxy groups -OCH3 is 2. The molecule has 0 spiro atoms. The molecule has 0 atom stereocenters. The zero-order valence-electron chi connectivity index (χ0n) is 18.7. The number of primary amides is 1. The number of anilines is 1. The fraction of sp³-hybridized carbons (Fsp3) is 0.115. The number of benzene rings is 3. The van der Waals surface area contributed by atoms with Crippen LogP contribution in [0.3, 0.4) is 0 Å². The number of nitrogens with one attached hydrogen (secondary N) is 1. The Hall–Kier alpha value is -4.59. The van der Waals surface area contributed by atoms with Gasteiger partial charge in [0.05, 0.1) is 31.0 Å². The molecular formula is C26H23N3O5. The highest BCUT2D eigenvalue weighted by Crippen LogP contribution is 2.33. The molecule has 8 heteroatoms. The molecule has 4 aromatic rings. The summed E-state index contributed by atoms with van der Waals surface area (Å²) in [6, 6.07) is 21.4. The number of hydrogen-bond donors (Lipinski definition) is 2. The Balaban J connectivity index is 1.72. The maximum absolute atomic E-state index is 12.8. The van der Waals surface area contributed by atoms with E-state index in [2.05, 4.69) is 5.32 Å². The standard InChI is InChI=1S/C26H23N3O5/c1-32-18-10-7-16(8-11-18)22-14-24(34-15-25(27)30)20-13-17(9-12-21(20)29-22)28-26(31)19-5-3-4-6-23(19)33-2/h3-14H,15H2,1-2H3,(H2,27,30)(H,28,31). The third kappa shape index (κ3) is 4.91. The van der Waals surface area contributed by atoms with E-state index in [0.717, 1.165) is 11.3 Å². The van der Waals surface area contributed by atoms with Crippen molar-refractivity contribution >= 4 is 28.4 Å². The lowest BCUT2D eigenvalue weighted by Gasteiger charge is -2.13. The highest BCUT2D eigenvalue weighted by atomic mass is 16.5. The van der Waals surface area contributed by atoms with Crippen LogP contribution in [0.4, 0.5) is 5.69 Å². The van der Waals surface area contributed by atoms with Gasteiger partial charge in [0.15, 0.2) is 6.61 Å². The summed E-state index contributed by atoms with van der Waals surface area (Å²) in [5.74, 6) is 0.695. The molecule has 3 aromatic carbocycles. The maximum atomic E-state index is 12.8. The second-order valence-electron chi connectivity index (χ2n) is 7.38. The van der Waals surface area contributed by atoms with Gasteiger partial charge in [0.25, 0.3) is 11.8 Å². The van der Waals surface area contributed by atoms with Crippen molar-refractivity contribution in [3.8, 4) is 28.5 Å². The summed E-state index contributed by atoms with van der Waals surface area (Å²) in [7, 11) is 3.11. The molecule has 172 valence electrons. The third-order valence-electron chi connectivity index (χ3n) is 5.14. The largest absolute Gasteiger partial charge is 0.497 e. The Labute approximate surface area is 196 Å². The average molecular weight is 457 g/mol. The Bertz CT molecular complexity index is 1350. The van der Waals surface area contributed by atoms with E-state index in [4.69, 9.17) is 24.9 Å². The monoisotopic (exact) mass is 457 g/mol. The average Bonchev–Trinajstić information content (AvgIpc) is 2.87. The van der Waals surface area contributed by atoms with Crippen LogP contribution < -0.4 is 25.3 Å². The number of ether oxygens (including phenoxy) is 3. The van der Waals surface area contributed by atoms with Crippen molar-refractivity contribution in [2.75, 3.05) is 26.1 Å². The van der Waals surface area contributed by atoms with Gasteiger partial charge >= 0.3 is 0 Å². The molecule has 2 amide bonds. The molecule has 0 radical (unpaired) electrons. The highest BCUT2D eigenvalue weighted by Gasteiger charge is 2.14. The van der Waals surface area contributed by atoms with E-state index >= 15 is 0 Å². The molecule has 0 aliphatic heterocycles. The van der Waals surface area contributed by atoms with Crippen LogP contribution in [0.15, 0.2) is 72.8 Å². The summed E-state index contributed by atoms with van der Waals surface area (Å²) in [5, 5.41) is 3.49. The van der Waals surface area contributed by atoms with Gasteiger partial charge in [-0.15, -0.1) is 0 Å². The lowest BCUT2D eigenvalue weighted by molar-refractivity contribution is -0.119. The lowest BCUT2D eigenvalue weighted by atomic mass is 10.1. The third-order valence-corrected chi connectivity index (χ3v) is 5.14. The molecule has 0 saturated carbocycles. The first-order valence-electron chi connectivity index (χ1n) is 10.4. The molecular weight excluding hydrogens is 434 g/mol. The number of amides is 2. The van der Waals surface area contributed by atoms with Crippen LogP contribution >= 0.6 is 0 Å². The minimum atomic E-state index is -0.600. The SMILES string of the molecule is COc1ccc(-c2cc(OCC(N)=O)c3cc(NC(=O)c4ccccc4OC)ccc3n2)cc1. The fourth-order valence-corrected chi connectivity index (χ4v) is 3.48. The van der Waals surface area contributed by atoms with Crippen LogP contribution in [0.1, 0.15) is 10.4 Å². The van der Waals surface area contributed by atoms with Gasteiger partial charge in [0.2, 0.25) is 0 Å². The van der Waals surface area contributed by atoms with Gasteiger partial charge in [-0.05, 0) is 54.6 Å². The van der Waals surface area contributed by atoms with Crippen LogP contribution in [0, 0.1) is 0 Å². The summed E-state index contributed by atoms with van der Waals surface area (Å²) in [6.07, 6.45) is 0. The van der Waals surface area contributed by atoms with Crippen molar-refractivity contribution in [2.45, 2.75) is 0 Å². The van der Waals surface area contributed by atoms with Crippen molar-refractivity contribution in [2.24, 2.45) is 5.73 Å². The Morgan fingerprint density at radius 2 is 1.68 bits per heavy atom. The van der Waals surface area contributed by atoms with Crippen molar-refractivity contribution < 1.29 is 23.8 Å². The number of fused-ring (bicyclic) bond motifs is 1. The van der Waals surface area contributed by atoms with Crippen molar-refractivity contribution in [3.63, 3.8) is 0 Å². The van der Waals surface area contributed by atoms with E-state index in [0.29, 0.717) is 39.3 Å². The van der Waals surface area contributed by atoms with Gasteiger partial charge in [0, 0.05) is 22.7 Å². The summed E-state index contributed by atoms with van der Waals surface area (Å²) in [5.41, 5.74) is 8.36.